The number of benzene rings is 1. The highest BCUT2D eigenvalue weighted by Gasteiger charge is 2.44. The van der Waals surface area contributed by atoms with Crippen LogP contribution in [0.4, 0.5) is 0 Å². The molecule has 3 heteroatoms. The maximum absolute atomic E-state index is 11.8. The normalized spacial score (nSPS) is 21.3. The minimum atomic E-state index is -0.680. The van der Waals surface area contributed by atoms with E-state index < -0.39 is 11.4 Å². The van der Waals surface area contributed by atoms with Gasteiger partial charge in [-0.25, -0.2) is 0 Å². The molecule has 1 aliphatic carbocycles. The van der Waals surface area contributed by atoms with Crippen molar-refractivity contribution in [1.29, 1.82) is 0 Å². The van der Waals surface area contributed by atoms with Gasteiger partial charge < -0.3 is 5.11 Å². The van der Waals surface area contributed by atoms with Crippen molar-refractivity contribution in [3.8, 4) is 0 Å². The van der Waals surface area contributed by atoms with E-state index in [9.17, 15) is 9.90 Å². The summed E-state index contributed by atoms with van der Waals surface area (Å²) in [6, 6.07) is 12.1. The molecule has 2 nitrogen and oxygen atoms in total. The zero-order chi connectivity index (χ0) is 13.3. The van der Waals surface area contributed by atoms with Crippen LogP contribution >= 0.6 is 11.3 Å². The zero-order valence-electron chi connectivity index (χ0n) is 10.6. The highest BCUT2D eigenvalue weighted by molar-refractivity contribution is 7.09. The fraction of sp³-hybridized carbons (Fsp3) is 0.312. The number of rotatable bonds is 4. The Morgan fingerprint density at radius 1 is 1.26 bits per heavy atom. The van der Waals surface area contributed by atoms with E-state index in [1.165, 1.54) is 10.4 Å². The maximum Gasteiger partial charge on any atom is 0.314 e. The van der Waals surface area contributed by atoms with Gasteiger partial charge in [-0.3, -0.25) is 4.79 Å². The van der Waals surface area contributed by atoms with Crippen LogP contribution in [0.15, 0.2) is 41.8 Å². The molecular formula is C16H16O2S. The first-order chi connectivity index (χ1) is 9.22. The largest absolute Gasteiger partial charge is 0.481 e. The first-order valence-corrected chi connectivity index (χ1v) is 7.44. The number of hydrogen-bond acceptors (Lipinski definition) is 2. The van der Waals surface area contributed by atoms with Gasteiger partial charge >= 0.3 is 5.97 Å². The molecule has 1 aromatic heterocycles. The Labute approximate surface area is 116 Å². The molecule has 0 radical (unpaired) electrons. The second kappa shape index (κ2) is 4.82. The number of aryl methyl sites for hydroxylation is 2. The monoisotopic (exact) mass is 272 g/mol. The fourth-order valence-corrected chi connectivity index (χ4v) is 3.78. The predicted molar refractivity (Wildman–Crippen MR) is 76.7 cm³/mol. The first kappa shape index (κ1) is 12.4. The molecule has 0 fully saturated rings. The third-order valence-electron chi connectivity index (χ3n) is 4.14. The number of aliphatic carboxylic acids is 1. The summed E-state index contributed by atoms with van der Waals surface area (Å²) in [6.45, 7) is 0. The molecule has 2 aromatic rings. The van der Waals surface area contributed by atoms with Crippen molar-refractivity contribution in [3.63, 3.8) is 0 Å². The summed E-state index contributed by atoms with van der Waals surface area (Å²) < 4.78 is 0. The fourth-order valence-electron chi connectivity index (χ4n) is 3.07. The molecule has 1 N–H and O–H groups in total. The van der Waals surface area contributed by atoms with Crippen molar-refractivity contribution < 1.29 is 9.90 Å². The molecule has 0 saturated carbocycles. The Balaban J connectivity index is 1.91. The highest BCUT2D eigenvalue weighted by atomic mass is 32.1. The maximum atomic E-state index is 11.8. The number of thiophene rings is 1. The van der Waals surface area contributed by atoms with E-state index in [0.29, 0.717) is 6.42 Å². The van der Waals surface area contributed by atoms with Crippen molar-refractivity contribution in [1.82, 2.24) is 0 Å². The van der Waals surface area contributed by atoms with Gasteiger partial charge in [-0.1, -0.05) is 30.3 Å². The molecule has 1 atom stereocenters. The van der Waals surface area contributed by atoms with E-state index in [0.717, 1.165) is 24.8 Å². The molecule has 0 bridgehead atoms. The first-order valence-electron chi connectivity index (χ1n) is 6.56. The second-order valence-corrected chi connectivity index (χ2v) is 6.16. The van der Waals surface area contributed by atoms with E-state index in [2.05, 4.69) is 12.1 Å². The number of carboxylic acids is 1. The summed E-state index contributed by atoms with van der Waals surface area (Å²) in [4.78, 5) is 13.1. The average Bonchev–Trinajstić information content (AvgIpc) is 3.05. The molecule has 1 unspecified atom stereocenters. The molecular weight excluding hydrogens is 256 g/mol. The smallest absolute Gasteiger partial charge is 0.314 e. The third-order valence-corrected chi connectivity index (χ3v) is 5.08. The lowest BCUT2D eigenvalue weighted by atomic mass is 9.78. The summed E-state index contributed by atoms with van der Waals surface area (Å²) >= 11 is 1.71. The Bertz CT molecular complexity index is 589. The SMILES string of the molecule is O=C(O)C1(CCc2cccs2)CCc2ccccc21. The van der Waals surface area contributed by atoms with E-state index in [1.807, 2.05) is 29.6 Å². The Hall–Kier alpha value is -1.61. The van der Waals surface area contributed by atoms with Gasteiger partial charge in [0.2, 0.25) is 0 Å². The van der Waals surface area contributed by atoms with Crippen LogP contribution in [0, 0.1) is 0 Å². The molecule has 0 spiro atoms. The van der Waals surface area contributed by atoms with Crippen molar-refractivity contribution in [3.05, 3.63) is 57.8 Å². The van der Waals surface area contributed by atoms with E-state index >= 15 is 0 Å². The summed E-state index contributed by atoms with van der Waals surface area (Å²) in [5.41, 5.74) is 1.55. The van der Waals surface area contributed by atoms with Gasteiger partial charge in [0.25, 0.3) is 0 Å². The molecule has 3 rings (SSSR count). The topological polar surface area (TPSA) is 37.3 Å². The zero-order valence-corrected chi connectivity index (χ0v) is 11.5. The van der Waals surface area contributed by atoms with Crippen LogP contribution in [-0.2, 0) is 23.1 Å². The lowest BCUT2D eigenvalue weighted by Gasteiger charge is -2.25. The lowest BCUT2D eigenvalue weighted by Crippen LogP contribution is -2.34. The molecule has 98 valence electrons. The minimum Gasteiger partial charge on any atom is -0.481 e. The summed E-state index contributed by atoms with van der Waals surface area (Å²) in [5.74, 6) is -0.672. The van der Waals surface area contributed by atoms with Gasteiger partial charge in [-0.15, -0.1) is 11.3 Å². The predicted octanol–water partition coefficient (Wildman–Crippen LogP) is 3.65. The number of carbonyl (C=O) groups is 1. The molecule has 1 aromatic carbocycles. The van der Waals surface area contributed by atoms with Crippen LogP contribution in [0.2, 0.25) is 0 Å². The van der Waals surface area contributed by atoms with E-state index in [-0.39, 0.29) is 0 Å². The van der Waals surface area contributed by atoms with Gasteiger partial charge in [0.15, 0.2) is 0 Å². The van der Waals surface area contributed by atoms with Crippen LogP contribution in [0.1, 0.15) is 28.8 Å². The Kier molecular flexibility index (Phi) is 3.15. The Morgan fingerprint density at radius 3 is 2.84 bits per heavy atom. The lowest BCUT2D eigenvalue weighted by molar-refractivity contribution is -0.144. The molecule has 1 heterocycles. The molecule has 1 aliphatic rings. The van der Waals surface area contributed by atoms with E-state index in [4.69, 9.17) is 0 Å². The van der Waals surface area contributed by atoms with Crippen LogP contribution in [-0.4, -0.2) is 11.1 Å². The van der Waals surface area contributed by atoms with Crippen molar-refractivity contribution in [2.24, 2.45) is 0 Å². The quantitative estimate of drug-likeness (QED) is 0.922. The van der Waals surface area contributed by atoms with Crippen LogP contribution < -0.4 is 0 Å². The van der Waals surface area contributed by atoms with Gasteiger partial charge in [0, 0.05) is 4.88 Å². The van der Waals surface area contributed by atoms with Crippen molar-refractivity contribution in [2.45, 2.75) is 31.1 Å². The average molecular weight is 272 g/mol. The molecule has 0 aliphatic heterocycles. The van der Waals surface area contributed by atoms with E-state index in [1.54, 1.807) is 11.3 Å². The molecule has 19 heavy (non-hydrogen) atoms. The summed E-state index contributed by atoms with van der Waals surface area (Å²) in [7, 11) is 0. The van der Waals surface area contributed by atoms with Crippen LogP contribution in [0.25, 0.3) is 0 Å². The second-order valence-electron chi connectivity index (χ2n) is 5.12. The van der Waals surface area contributed by atoms with Crippen LogP contribution in [0.3, 0.4) is 0 Å². The molecule has 0 saturated heterocycles. The van der Waals surface area contributed by atoms with Crippen LogP contribution in [0.5, 0.6) is 0 Å². The standard InChI is InChI=1S/C16H16O2S/c17-15(18)16(10-8-13-5-3-11-19-13)9-7-12-4-1-2-6-14(12)16/h1-6,11H,7-10H2,(H,17,18). The van der Waals surface area contributed by atoms with Gasteiger partial charge in [-0.05, 0) is 48.3 Å². The highest BCUT2D eigenvalue weighted by Crippen LogP contribution is 2.42. The van der Waals surface area contributed by atoms with Crippen molar-refractivity contribution >= 4 is 17.3 Å². The molecule has 0 amide bonds. The number of fused-ring (bicyclic) bond motifs is 1. The number of hydrogen-bond donors (Lipinski definition) is 1. The number of carboxylic acid groups (broad SMARTS) is 1. The van der Waals surface area contributed by atoms with Gasteiger partial charge in [0.1, 0.15) is 0 Å². The Morgan fingerprint density at radius 2 is 2.11 bits per heavy atom. The third kappa shape index (κ3) is 2.08. The summed E-state index contributed by atoms with van der Waals surface area (Å²) in [6.07, 6.45) is 3.15. The van der Waals surface area contributed by atoms with Gasteiger partial charge in [0.05, 0.1) is 5.41 Å². The minimum absolute atomic E-state index is 0.672. The van der Waals surface area contributed by atoms with Gasteiger partial charge in [-0.2, -0.15) is 0 Å². The van der Waals surface area contributed by atoms with Crippen molar-refractivity contribution in [2.75, 3.05) is 0 Å². The summed E-state index contributed by atoms with van der Waals surface area (Å²) in [5, 5.41) is 11.8.